The van der Waals surface area contributed by atoms with Crippen LogP contribution in [0, 0.1) is 11.3 Å². The number of anilines is 1. The fourth-order valence-electron chi connectivity index (χ4n) is 2.67. The molecule has 0 saturated heterocycles. The molecule has 0 heterocycles. The maximum absolute atomic E-state index is 12.6. The quantitative estimate of drug-likeness (QED) is 0.680. The van der Waals surface area contributed by atoms with Gasteiger partial charge >= 0.3 is 0 Å². The maximum atomic E-state index is 12.6. The van der Waals surface area contributed by atoms with Gasteiger partial charge in [-0.1, -0.05) is 12.1 Å². The number of methoxy groups -OCH3 is 2. The van der Waals surface area contributed by atoms with Crippen LogP contribution in [0.4, 0.5) is 5.69 Å². The molecule has 2 aromatic rings. The first-order chi connectivity index (χ1) is 14.4. The van der Waals surface area contributed by atoms with Crippen molar-refractivity contribution in [2.45, 2.75) is 19.4 Å². The van der Waals surface area contributed by atoms with E-state index in [1.807, 2.05) is 0 Å². The Kier molecular flexibility index (Phi) is 8.06. The van der Waals surface area contributed by atoms with Gasteiger partial charge < -0.3 is 24.4 Å². The van der Waals surface area contributed by atoms with E-state index in [1.165, 1.54) is 19.1 Å². The summed E-state index contributed by atoms with van der Waals surface area (Å²) >= 11 is 0. The summed E-state index contributed by atoms with van der Waals surface area (Å²) < 4.78 is 16.1. The number of nitriles is 1. The molecule has 30 heavy (non-hydrogen) atoms. The van der Waals surface area contributed by atoms with Crippen molar-refractivity contribution in [2.24, 2.45) is 0 Å². The van der Waals surface area contributed by atoms with Gasteiger partial charge in [0.25, 0.3) is 11.8 Å². The number of hydrogen-bond donors (Lipinski definition) is 1. The molecule has 2 amide bonds. The largest absolute Gasteiger partial charge is 0.495 e. The van der Waals surface area contributed by atoms with Crippen molar-refractivity contribution in [3.63, 3.8) is 0 Å². The molecule has 0 aliphatic rings. The minimum atomic E-state index is -0.369. The van der Waals surface area contributed by atoms with Crippen molar-refractivity contribution in [1.82, 2.24) is 4.90 Å². The van der Waals surface area contributed by atoms with Crippen LogP contribution in [0.1, 0.15) is 23.7 Å². The lowest BCUT2D eigenvalue weighted by atomic mass is 10.1. The fraction of sp³-hybridized carbons (Fsp3) is 0.318. The van der Waals surface area contributed by atoms with Gasteiger partial charge in [0.05, 0.1) is 32.4 Å². The Morgan fingerprint density at radius 2 is 1.80 bits per heavy atom. The lowest BCUT2D eigenvalue weighted by Gasteiger charge is -2.23. The number of para-hydroxylation sites is 2. The van der Waals surface area contributed by atoms with Crippen molar-refractivity contribution < 1.29 is 23.8 Å². The highest BCUT2D eigenvalue weighted by atomic mass is 16.5. The van der Waals surface area contributed by atoms with E-state index in [9.17, 15) is 9.59 Å². The fourth-order valence-corrected chi connectivity index (χ4v) is 2.67. The number of carbonyl (C=O) groups is 2. The van der Waals surface area contributed by atoms with Crippen LogP contribution in [-0.2, 0) is 4.79 Å². The highest BCUT2D eigenvalue weighted by Gasteiger charge is 2.19. The second kappa shape index (κ2) is 10.7. The smallest absolute Gasteiger partial charge is 0.262 e. The molecule has 8 nitrogen and oxygen atoms in total. The van der Waals surface area contributed by atoms with Crippen molar-refractivity contribution in [3.05, 3.63) is 48.0 Å². The van der Waals surface area contributed by atoms with E-state index in [-0.39, 0.29) is 30.9 Å². The van der Waals surface area contributed by atoms with E-state index < -0.39 is 0 Å². The van der Waals surface area contributed by atoms with Crippen LogP contribution < -0.4 is 19.5 Å². The first-order valence-corrected chi connectivity index (χ1v) is 9.29. The first kappa shape index (κ1) is 22.6. The van der Waals surface area contributed by atoms with Crippen LogP contribution in [0.2, 0.25) is 0 Å². The van der Waals surface area contributed by atoms with E-state index in [0.29, 0.717) is 28.5 Å². The minimum Gasteiger partial charge on any atom is -0.495 e. The number of carbonyl (C=O) groups excluding carboxylic acids is 2. The summed E-state index contributed by atoms with van der Waals surface area (Å²) in [6.07, 6.45) is 0.238. The van der Waals surface area contributed by atoms with Crippen LogP contribution in [0.25, 0.3) is 0 Å². The molecule has 0 radical (unpaired) electrons. The van der Waals surface area contributed by atoms with Crippen molar-refractivity contribution in [2.75, 3.05) is 33.2 Å². The molecule has 1 N–H and O–H groups in total. The van der Waals surface area contributed by atoms with E-state index in [1.54, 1.807) is 56.4 Å². The summed E-state index contributed by atoms with van der Waals surface area (Å²) in [5.41, 5.74) is 0.931. The SMILES string of the molecule is COc1ccccc1NC(=O)COc1ccc(C(=O)N(C)C(C)CC#N)cc1OC. The predicted molar refractivity (Wildman–Crippen MR) is 112 cm³/mol. The maximum Gasteiger partial charge on any atom is 0.262 e. The topological polar surface area (TPSA) is 101 Å². The van der Waals surface area contributed by atoms with Crippen molar-refractivity contribution in [1.29, 1.82) is 5.26 Å². The van der Waals surface area contributed by atoms with Gasteiger partial charge in [0.2, 0.25) is 0 Å². The number of amides is 2. The summed E-state index contributed by atoms with van der Waals surface area (Å²) in [6.45, 7) is 1.55. The summed E-state index contributed by atoms with van der Waals surface area (Å²) in [5.74, 6) is 0.591. The molecule has 1 atom stereocenters. The molecule has 0 saturated carbocycles. The van der Waals surface area contributed by atoms with Gasteiger partial charge in [0.15, 0.2) is 18.1 Å². The minimum absolute atomic E-state index is 0.219. The standard InChI is InChI=1S/C22H25N3O5/c1-15(11-12-23)25(2)22(27)16-9-10-19(20(13-16)29-4)30-14-21(26)24-17-7-5-6-8-18(17)28-3/h5-10,13,15H,11,14H2,1-4H3,(H,24,26). The second-order valence-corrected chi connectivity index (χ2v) is 6.53. The Morgan fingerprint density at radius 1 is 1.10 bits per heavy atom. The highest BCUT2D eigenvalue weighted by Crippen LogP contribution is 2.29. The molecule has 0 aliphatic heterocycles. The van der Waals surface area contributed by atoms with Crippen molar-refractivity contribution in [3.8, 4) is 23.3 Å². The molecule has 1 unspecified atom stereocenters. The first-order valence-electron chi connectivity index (χ1n) is 9.29. The Morgan fingerprint density at radius 3 is 2.47 bits per heavy atom. The van der Waals surface area contributed by atoms with Gasteiger partial charge in [-0.2, -0.15) is 5.26 Å². The average Bonchev–Trinajstić information content (AvgIpc) is 2.77. The van der Waals surface area contributed by atoms with Crippen LogP contribution >= 0.6 is 0 Å². The Labute approximate surface area is 176 Å². The molecule has 0 bridgehead atoms. The van der Waals surface area contributed by atoms with Crippen LogP contribution in [0.5, 0.6) is 17.2 Å². The summed E-state index contributed by atoms with van der Waals surface area (Å²) in [4.78, 5) is 26.3. The number of nitrogens with one attached hydrogen (secondary N) is 1. The Bertz CT molecular complexity index is 939. The van der Waals surface area contributed by atoms with Gasteiger partial charge in [-0.3, -0.25) is 9.59 Å². The lowest BCUT2D eigenvalue weighted by molar-refractivity contribution is -0.118. The number of hydrogen-bond acceptors (Lipinski definition) is 6. The number of rotatable bonds is 9. The predicted octanol–water partition coefficient (Wildman–Crippen LogP) is 3.10. The molecule has 2 rings (SSSR count). The van der Waals surface area contributed by atoms with Gasteiger partial charge in [0.1, 0.15) is 5.75 Å². The summed E-state index contributed by atoms with van der Waals surface area (Å²) in [5, 5.41) is 11.5. The number of ether oxygens (including phenoxy) is 3. The van der Waals surface area contributed by atoms with Gasteiger partial charge in [-0.15, -0.1) is 0 Å². The van der Waals surface area contributed by atoms with Crippen LogP contribution in [-0.4, -0.2) is 50.6 Å². The molecule has 0 aromatic heterocycles. The third kappa shape index (κ3) is 5.64. The van der Waals surface area contributed by atoms with Gasteiger partial charge in [0, 0.05) is 18.7 Å². The Hall–Kier alpha value is -3.73. The molecule has 0 fully saturated rings. The lowest BCUT2D eigenvalue weighted by Crippen LogP contribution is -2.34. The monoisotopic (exact) mass is 411 g/mol. The Balaban J connectivity index is 2.05. The molecule has 0 aliphatic carbocycles. The zero-order chi connectivity index (χ0) is 22.1. The average molecular weight is 411 g/mol. The molecule has 8 heteroatoms. The zero-order valence-electron chi connectivity index (χ0n) is 17.5. The molecular weight excluding hydrogens is 386 g/mol. The molecule has 158 valence electrons. The molecule has 0 spiro atoms. The normalized spacial score (nSPS) is 11.0. The third-order valence-corrected chi connectivity index (χ3v) is 4.52. The van der Waals surface area contributed by atoms with E-state index >= 15 is 0 Å². The number of nitrogens with zero attached hydrogens (tertiary/aromatic N) is 2. The highest BCUT2D eigenvalue weighted by molar-refractivity contribution is 5.95. The molecule has 2 aromatic carbocycles. The number of benzene rings is 2. The summed E-state index contributed by atoms with van der Waals surface area (Å²) in [7, 11) is 4.62. The second-order valence-electron chi connectivity index (χ2n) is 6.53. The van der Waals surface area contributed by atoms with E-state index in [2.05, 4.69) is 11.4 Å². The summed E-state index contributed by atoms with van der Waals surface area (Å²) in [6, 6.07) is 13.6. The van der Waals surface area contributed by atoms with Crippen LogP contribution in [0.3, 0.4) is 0 Å². The van der Waals surface area contributed by atoms with Gasteiger partial charge in [-0.05, 0) is 37.3 Å². The van der Waals surface area contributed by atoms with E-state index in [0.717, 1.165) is 0 Å². The zero-order valence-corrected chi connectivity index (χ0v) is 17.5. The van der Waals surface area contributed by atoms with Crippen molar-refractivity contribution >= 4 is 17.5 Å². The third-order valence-electron chi connectivity index (χ3n) is 4.52. The van der Waals surface area contributed by atoms with Crippen LogP contribution in [0.15, 0.2) is 42.5 Å². The van der Waals surface area contributed by atoms with E-state index in [4.69, 9.17) is 19.5 Å². The van der Waals surface area contributed by atoms with Gasteiger partial charge in [-0.25, -0.2) is 0 Å². The molecular formula is C22H25N3O5.